The number of aromatic nitrogens is 1. The van der Waals surface area contributed by atoms with Crippen molar-refractivity contribution < 1.29 is 9.53 Å². The third-order valence-electron chi connectivity index (χ3n) is 5.07. The number of rotatable bonds is 5. The van der Waals surface area contributed by atoms with Crippen LogP contribution >= 0.6 is 0 Å². The van der Waals surface area contributed by atoms with E-state index in [1.165, 1.54) is 12.5 Å². The van der Waals surface area contributed by atoms with Crippen LogP contribution in [0.1, 0.15) is 22.3 Å². The number of nitrogens with zero attached hydrogens (tertiary/aromatic N) is 2. The Hall–Kier alpha value is -2.92. The summed E-state index contributed by atoms with van der Waals surface area (Å²) in [6.07, 6.45) is 4.83. The van der Waals surface area contributed by atoms with Crippen molar-refractivity contribution in [2.24, 2.45) is 0 Å². The lowest BCUT2D eigenvalue weighted by molar-refractivity contribution is 0.0600. The Morgan fingerprint density at radius 3 is 3.04 bits per heavy atom. The molecular formula is C22H23N3O2. The summed E-state index contributed by atoms with van der Waals surface area (Å²) >= 11 is 0. The van der Waals surface area contributed by atoms with Gasteiger partial charge in [0.05, 0.1) is 12.7 Å². The van der Waals surface area contributed by atoms with Crippen molar-refractivity contribution in [2.75, 3.05) is 25.5 Å². The second kappa shape index (κ2) is 7.76. The summed E-state index contributed by atoms with van der Waals surface area (Å²) in [7, 11) is 1.41. The van der Waals surface area contributed by atoms with Crippen molar-refractivity contribution in [3.05, 3.63) is 72.1 Å². The maximum absolute atomic E-state index is 11.7. The maximum atomic E-state index is 11.7. The highest BCUT2D eigenvalue weighted by Crippen LogP contribution is 2.25. The molecule has 0 saturated carbocycles. The average Bonchev–Trinajstić information content (AvgIpc) is 3.14. The van der Waals surface area contributed by atoms with E-state index >= 15 is 0 Å². The molecule has 1 atom stereocenters. The first kappa shape index (κ1) is 17.5. The Bertz CT molecular complexity index is 952. The van der Waals surface area contributed by atoms with E-state index in [1.54, 1.807) is 6.07 Å². The zero-order valence-electron chi connectivity index (χ0n) is 15.4. The molecule has 138 valence electrons. The van der Waals surface area contributed by atoms with E-state index in [0.717, 1.165) is 42.7 Å². The van der Waals surface area contributed by atoms with Crippen LogP contribution in [0.2, 0.25) is 0 Å². The number of esters is 1. The Kier molecular flexibility index (Phi) is 5.03. The summed E-state index contributed by atoms with van der Waals surface area (Å²) in [5.74, 6) is -0.289. The van der Waals surface area contributed by atoms with Crippen LogP contribution in [-0.2, 0) is 11.3 Å². The van der Waals surface area contributed by atoms with Crippen LogP contribution in [0.4, 0.5) is 5.69 Å². The van der Waals surface area contributed by atoms with E-state index < -0.39 is 0 Å². The second-order valence-corrected chi connectivity index (χ2v) is 6.96. The molecule has 3 aromatic rings. The van der Waals surface area contributed by atoms with Crippen molar-refractivity contribution in [1.29, 1.82) is 0 Å². The van der Waals surface area contributed by atoms with Gasteiger partial charge < -0.3 is 10.1 Å². The van der Waals surface area contributed by atoms with E-state index in [4.69, 9.17) is 4.74 Å². The molecule has 1 fully saturated rings. The van der Waals surface area contributed by atoms with Gasteiger partial charge in [-0.25, -0.2) is 4.79 Å². The molecule has 1 aliphatic rings. The summed E-state index contributed by atoms with van der Waals surface area (Å²) in [5, 5.41) is 6.05. The van der Waals surface area contributed by atoms with Crippen LogP contribution in [0.3, 0.4) is 0 Å². The predicted octanol–water partition coefficient (Wildman–Crippen LogP) is 3.71. The molecule has 2 aromatic carbocycles. The van der Waals surface area contributed by atoms with Crippen LogP contribution < -0.4 is 5.32 Å². The molecule has 1 aromatic heterocycles. The van der Waals surface area contributed by atoms with Gasteiger partial charge in [-0.05, 0) is 36.2 Å². The zero-order valence-corrected chi connectivity index (χ0v) is 15.4. The number of pyridine rings is 1. The highest BCUT2D eigenvalue weighted by atomic mass is 16.5. The molecule has 0 radical (unpaired) electrons. The quantitative estimate of drug-likeness (QED) is 0.702. The smallest absolute Gasteiger partial charge is 0.337 e. The third kappa shape index (κ3) is 3.93. The highest BCUT2D eigenvalue weighted by Gasteiger charge is 2.23. The number of hydrogen-bond acceptors (Lipinski definition) is 5. The van der Waals surface area contributed by atoms with Gasteiger partial charge in [-0.3, -0.25) is 9.88 Å². The fourth-order valence-corrected chi connectivity index (χ4v) is 3.74. The first-order valence-corrected chi connectivity index (χ1v) is 9.22. The minimum atomic E-state index is -0.289. The third-order valence-corrected chi connectivity index (χ3v) is 5.07. The van der Waals surface area contributed by atoms with Crippen LogP contribution in [0.25, 0.3) is 10.8 Å². The number of likely N-dealkylation sites (tertiary alicyclic amines) is 1. The van der Waals surface area contributed by atoms with Crippen LogP contribution in [-0.4, -0.2) is 42.1 Å². The number of methoxy groups -OCH3 is 1. The molecule has 5 heteroatoms. The lowest BCUT2D eigenvalue weighted by atomic mass is 10.1. The SMILES string of the molecule is COC(=O)c1cccc(CN2CCC(Nc3cccc4cnccc34)C2)c1. The normalized spacial score (nSPS) is 17.1. The van der Waals surface area contributed by atoms with Gasteiger partial charge >= 0.3 is 5.97 Å². The summed E-state index contributed by atoms with van der Waals surface area (Å²) in [6, 6.07) is 16.4. The zero-order chi connectivity index (χ0) is 18.6. The highest BCUT2D eigenvalue weighted by molar-refractivity contribution is 5.93. The monoisotopic (exact) mass is 361 g/mol. The first-order chi connectivity index (χ1) is 13.2. The van der Waals surface area contributed by atoms with Gasteiger partial charge in [-0.2, -0.15) is 0 Å². The Balaban J connectivity index is 1.41. The number of benzene rings is 2. The fourth-order valence-electron chi connectivity index (χ4n) is 3.74. The standard InChI is InChI=1S/C22H23N3O2/c1-27-22(26)17-5-2-4-16(12-17)14-25-11-9-19(15-25)24-21-7-3-6-18-13-23-10-8-20(18)21/h2-8,10,12-13,19,24H,9,11,14-15H2,1H3. The minimum absolute atomic E-state index is 0.289. The summed E-state index contributed by atoms with van der Waals surface area (Å²) in [6.45, 7) is 2.85. The van der Waals surface area contributed by atoms with Gasteiger partial charge in [-0.1, -0.05) is 24.3 Å². The van der Waals surface area contributed by atoms with Crippen molar-refractivity contribution >= 4 is 22.4 Å². The lowest BCUT2D eigenvalue weighted by Gasteiger charge is -2.18. The van der Waals surface area contributed by atoms with Gasteiger partial charge in [0, 0.05) is 54.5 Å². The van der Waals surface area contributed by atoms with Crippen molar-refractivity contribution in [2.45, 2.75) is 19.0 Å². The Morgan fingerprint density at radius 2 is 2.15 bits per heavy atom. The molecule has 5 nitrogen and oxygen atoms in total. The number of nitrogens with one attached hydrogen (secondary N) is 1. The number of carbonyl (C=O) groups excluding carboxylic acids is 1. The number of anilines is 1. The topological polar surface area (TPSA) is 54.5 Å². The number of fused-ring (bicyclic) bond motifs is 1. The van der Waals surface area contributed by atoms with Gasteiger partial charge in [0.15, 0.2) is 0 Å². The average molecular weight is 361 g/mol. The predicted molar refractivity (Wildman–Crippen MR) is 107 cm³/mol. The second-order valence-electron chi connectivity index (χ2n) is 6.96. The maximum Gasteiger partial charge on any atom is 0.337 e. The van der Waals surface area contributed by atoms with Gasteiger partial charge in [0.1, 0.15) is 0 Å². The molecule has 1 unspecified atom stereocenters. The molecule has 0 spiro atoms. The first-order valence-electron chi connectivity index (χ1n) is 9.22. The Morgan fingerprint density at radius 1 is 1.26 bits per heavy atom. The summed E-state index contributed by atoms with van der Waals surface area (Å²) in [4.78, 5) is 18.3. The van der Waals surface area contributed by atoms with Gasteiger partial charge in [0.25, 0.3) is 0 Å². The molecular weight excluding hydrogens is 338 g/mol. The van der Waals surface area contributed by atoms with E-state index in [0.29, 0.717) is 11.6 Å². The largest absolute Gasteiger partial charge is 0.465 e. The van der Waals surface area contributed by atoms with E-state index in [-0.39, 0.29) is 5.97 Å². The molecule has 0 bridgehead atoms. The minimum Gasteiger partial charge on any atom is -0.465 e. The molecule has 2 heterocycles. The summed E-state index contributed by atoms with van der Waals surface area (Å²) in [5.41, 5.74) is 2.90. The van der Waals surface area contributed by atoms with Crippen molar-refractivity contribution in [3.8, 4) is 0 Å². The van der Waals surface area contributed by atoms with Crippen molar-refractivity contribution in [1.82, 2.24) is 9.88 Å². The van der Waals surface area contributed by atoms with Crippen LogP contribution in [0.5, 0.6) is 0 Å². The lowest BCUT2D eigenvalue weighted by Crippen LogP contribution is -2.26. The molecule has 1 saturated heterocycles. The number of hydrogen-bond donors (Lipinski definition) is 1. The van der Waals surface area contributed by atoms with Crippen LogP contribution in [0, 0.1) is 0 Å². The molecule has 1 aliphatic heterocycles. The van der Waals surface area contributed by atoms with Crippen molar-refractivity contribution in [3.63, 3.8) is 0 Å². The van der Waals surface area contributed by atoms with Crippen LogP contribution in [0.15, 0.2) is 60.9 Å². The fraction of sp³-hybridized carbons (Fsp3) is 0.273. The van der Waals surface area contributed by atoms with E-state index in [1.807, 2.05) is 24.5 Å². The Labute approximate surface area is 159 Å². The number of ether oxygens (including phenoxy) is 1. The molecule has 0 amide bonds. The van der Waals surface area contributed by atoms with E-state index in [9.17, 15) is 4.79 Å². The molecule has 4 rings (SSSR count). The molecule has 1 N–H and O–H groups in total. The van der Waals surface area contributed by atoms with E-state index in [2.05, 4.69) is 45.5 Å². The number of carbonyl (C=O) groups is 1. The molecule has 0 aliphatic carbocycles. The van der Waals surface area contributed by atoms with Gasteiger partial charge in [-0.15, -0.1) is 0 Å². The molecule has 27 heavy (non-hydrogen) atoms. The summed E-state index contributed by atoms with van der Waals surface area (Å²) < 4.78 is 4.81. The van der Waals surface area contributed by atoms with Gasteiger partial charge in [0.2, 0.25) is 0 Å².